The molecule has 0 bridgehead atoms. The summed E-state index contributed by atoms with van der Waals surface area (Å²) >= 11 is 0. The first-order chi connectivity index (χ1) is 13.5. The molecule has 0 saturated carbocycles. The number of alkyl halides is 3. The molecule has 3 rings (SSSR count). The van der Waals surface area contributed by atoms with Gasteiger partial charge in [0.1, 0.15) is 0 Å². The van der Waals surface area contributed by atoms with Crippen LogP contribution in [0.1, 0.15) is 20.8 Å². The van der Waals surface area contributed by atoms with Gasteiger partial charge in [0.25, 0.3) is 0 Å². The van der Waals surface area contributed by atoms with Gasteiger partial charge in [-0.2, -0.15) is 0 Å². The number of aromatic nitrogens is 3. The Labute approximate surface area is 164 Å². The van der Waals surface area contributed by atoms with Crippen molar-refractivity contribution in [1.82, 2.24) is 14.6 Å². The van der Waals surface area contributed by atoms with E-state index in [0.29, 0.717) is 22.8 Å². The van der Waals surface area contributed by atoms with Crippen molar-refractivity contribution < 1.29 is 27.4 Å². The third kappa shape index (κ3) is 4.76. The first-order valence-corrected chi connectivity index (χ1v) is 8.58. The summed E-state index contributed by atoms with van der Waals surface area (Å²) in [5.74, 6) is -0.584. The molecule has 3 aromatic rings. The first kappa shape index (κ1) is 20.4. The predicted octanol–water partition coefficient (Wildman–Crippen LogP) is 4.29. The molecular weight excluding hydrogens is 389 g/mol. The SMILES string of the molecule is COc1ccc2nc(-c3ccc(OC(F)(F)F)c(NC(=O)C(C)(C)C)c3)cn2n1. The average molecular weight is 408 g/mol. The van der Waals surface area contributed by atoms with Crippen molar-refractivity contribution in [3.63, 3.8) is 0 Å². The number of nitrogens with zero attached hydrogens (tertiary/aromatic N) is 3. The maximum Gasteiger partial charge on any atom is 0.573 e. The van der Waals surface area contributed by atoms with E-state index >= 15 is 0 Å². The fourth-order valence-electron chi connectivity index (χ4n) is 2.42. The lowest BCUT2D eigenvalue weighted by Crippen LogP contribution is -2.28. The van der Waals surface area contributed by atoms with Crippen molar-refractivity contribution >= 4 is 17.2 Å². The largest absolute Gasteiger partial charge is 0.573 e. The van der Waals surface area contributed by atoms with Crippen molar-refractivity contribution in [2.45, 2.75) is 27.1 Å². The van der Waals surface area contributed by atoms with Crippen molar-refractivity contribution in [3.05, 3.63) is 36.5 Å². The van der Waals surface area contributed by atoms with Crippen LogP contribution in [0.25, 0.3) is 16.9 Å². The molecule has 154 valence electrons. The van der Waals surface area contributed by atoms with Gasteiger partial charge in [0.2, 0.25) is 11.8 Å². The molecule has 0 fully saturated rings. The monoisotopic (exact) mass is 408 g/mol. The predicted molar refractivity (Wildman–Crippen MR) is 99.7 cm³/mol. The summed E-state index contributed by atoms with van der Waals surface area (Å²) in [7, 11) is 1.48. The summed E-state index contributed by atoms with van der Waals surface area (Å²) in [6.45, 7) is 4.95. The number of nitrogens with one attached hydrogen (secondary N) is 1. The molecule has 1 aromatic carbocycles. The van der Waals surface area contributed by atoms with Crippen LogP contribution in [-0.2, 0) is 4.79 Å². The maximum absolute atomic E-state index is 12.8. The van der Waals surface area contributed by atoms with E-state index in [9.17, 15) is 18.0 Å². The van der Waals surface area contributed by atoms with Gasteiger partial charge in [-0.15, -0.1) is 18.3 Å². The Kier molecular flexibility index (Phi) is 5.12. The van der Waals surface area contributed by atoms with Crippen LogP contribution in [0.15, 0.2) is 36.5 Å². The Hall–Kier alpha value is -3.30. The minimum atomic E-state index is -4.90. The standard InChI is InChI=1S/C19H19F3N4O3/c1-18(2,3)17(27)24-12-9-11(5-6-14(12)29-19(20,21)22)13-10-26-15(23-13)7-8-16(25-26)28-4/h5-10H,1-4H3,(H,24,27). The van der Waals surface area contributed by atoms with Crippen molar-refractivity contribution in [2.24, 2.45) is 5.41 Å². The number of ether oxygens (including phenoxy) is 2. The Morgan fingerprint density at radius 1 is 1.14 bits per heavy atom. The highest BCUT2D eigenvalue weighted by atomic mass is 19.4. The fraction of sp³-hybridized carbons (Fsp3) is 0.316. The number of benzene rings is 1. The third-order valence-corrected chi connectivity index (χ3v) is 3.94. The number of carbonyl (C=O) groups excluding carboxylic acids is 1. The number of carbonyl (C=O) groups is 1. The van der Waals surface area contributed by atoms with Gasteiger partial charge < -0.3 is 14.8 Å². The number of hydrogen-bond acceptors (Lipinski definition) is 5. The number of amides is 1. The molecule has 2 heterocycles. The number of fused-ring (bicyclic) bond motifs is 1. The fourth-order valence-corrected chi connectivity index (χ4v) is 2.42. The zero-order valence-electron chi connectivity index (χ0n) is 16.2. The molecule has 0 aliphatic heterocycles. The van der Waals surface area contributed by atoms with Gasteiger partial charge in [-0.1, -0.05) is 20.8 Å². The molecule has 0 aliphatic rings. The lowest BCUT2D eigenvalue weighted by Gasteiger charge is -2.20. The molecule has 0 spiro atoms. The van der Waals surface area contributed by atoms with Crippen molar-refractivity contribution in [2.75, 3.05) is 12.4 Å². The lowest BCUT2D eigenvalue weighted by molar-refractivity contribution is -0.274. The number of hydrogen-bond donors (Lipinski definition) is 1. The zero-order valence-corrected chi connectivity index (χ0v) is 16.2. The molecule has 29 heavy (non-hydrogen) atoms. The van der Waals surface area contributed by atoms with E-state index in [1.807, 2.05) is 0 Å². The zero-order chi connectivity index (χ0) is 21.4. The molecule has 0 aliphatic carbocycles. The normalized spacial score (nSPS) is 12.1. The summed E-state index contributed by atoms with van der Waals surface area (Å²) < 4.78 is 48.9. The maximum atomic E-state index is 12.8. The minimum absolute atomic E-state index is 0.109. The second-order valence-corrected chi connectivity index (χ2v) is 7.27. The highest BCUT2D eigenvalue weighted by Crippen LogP contribution is 2.35. The highest BCUT2D eigenvalue weighted by molar-refractivity contribution is 5.96. The number of imidazole rings is 1. The second kappa shape index (κ2) is 7.26. The van der Waals surface area contributed by atoms with Gasteiger partial charge in [-0.3, -0.25) is 4.79 Å². The smallest absolute Gasteiger partial charge is 0.480 e. The molecule has 10 heteroatoms. The number of anilines is 1. The molecular formula is C19H19F3N4O3. The Bertz CT molecular complexity index is 1060. The van der Waals surface area contributed by atoms with Gasteiger partial charge >= 0.3 is 6.36 Å². The van der Waals surface area contributed by atoms with Gasteiger partial charge in [0.05, 0.1) is 24.7 Å². The van der Waals surface area contributed by atoms with E-state index in [1.165, 1.54) is 23.8 Å². The molecule has 0 radical (unpaired) electrons. The Balaban J connectivity index is 2.03. The van der Waals surface area contributed by atoms with Crippen LogP contribution in [0.5, 0.6) is 11.6 Å². The van der Waals surface area contributed by atoms with Crippen LogP contribution < -0.4 is 14.8 Å². The highest BCUT2D eigenvalue weighted by Gasteiger charge is 2.33. The van der Waals surface area contributed by atoms with Gasteiger partial charge in [-0.05, 0) is 24.3 Å². The van der Waals surface area contributed by atoms with Crippen LogP contribution in [0.2, 0.25) is 0 Å². The lowest BCUT2D eigenvalue weighted by atomic mass is 9.95. The Morgan fingerprint density at radius 2 is 1.86 bits per heavy atom. The first-order valence-electron chi connectivity index (χ1n) is 8.58. The number of methoxy groups -OCH3 is 1. The quantitative estimate of drug-likeness (QED) is 0.697. The summed E-state index contributed by atoms with van der Waals surface area (Å²) in [6.07, 6.45) is -3.29. The number of rotatable bonds is 4. The van der Waals surface area contributed by atoms with Crippen LogP contribution in [0, 0.1) is 5.41 Å². The average Bonchev–Trinajstić information content (AvgIpc) is 3.04. The second-order valence-electron chi connectivity index (χ2n) is 7.27. The molecule has 0 atom stereocenters. The van der Waals surface area contributed by atoms with Crippen LogP contribution in [0.3, 0.4) is 0 Å². The van der Waals surface area contributed by atoms with Crippen molar-refractivity contribution in [1.29, 1.82) is 0 Å². The van der Waals surface area contributed by atoms with E-state index in [0.717, 1.165) is 6.07 Å². The summed E-state index contributed by atoms with van der Waals surface area (Å²) in [6, 6.07) is 7.27. The Morgan fingerprint density at radius 3 is 2.48 bits per heavy atom. The van der Waals surface area contributed by atoms with Gasteiger partial charge in [0, 0.05) is 17.0 Å². The summed E-state index contributed by atoms with van der Waals surface area (Å²) in [4.78, 5) is 16.7. The summed E-state index contributed by atoms with van der Waals surface area (Å²) in [5.41, 5.74) is 0.539. The molecule has 0 saturated heterocycles. The van der Waals surface area contributed by atoms with E-state index in [4.69, 9.17) is 4.74 Å². The van der Waals surface area contributed by atoms with E-state index in [1.54, 1.807) is 39.1 Å². The van der Waals surface area contributed by atoms with Crippen LogP contribution in [0.4, 0.5) is 18.9 Å². The van der Waals surface area contributed by atoms with Crippen LogP contribution >= 0.6 is 0 Å². The molecule has 1 N–H and O–H groups in total. The molecule has 2 aromatic heterocycles. The minimum Gasteiger partial charge on any atom is -0.480 e. The van der Waals surface area contributed by atoms with E-state index in [-0.39, 0.29) is 5.69 Å². The summed E-state index contributed by atoms with van der Waals surface area (Å²) in [5, 5.41) is 6.70. The molecule has 1 amide bonds. The third-order valence-electron chi connectivity index (χ3n) is 3.94. The van der Waals surface area contributed by atoms with E-state index < -0.39 is 23.4 Å². The molecule has 0 unspecified atom stereocenters. The van der Waals surface area contributed by atoms with Gasteiger partial charge in [0.15, 0.2) is 11.4 Å². The van der Waals surface area contributed by atoms with Crippen molar-refractivity contribution in [3.8, 4) is 22.9 Å². The van der Waals surface area contributed by atoms with Gasteiger partial charge in [-0.25, -0.2) is 9.50 Å². The van der Waals surface area contributed by atoms with Crippen LogP contribution in [-0.4, -0.2) is 34.0 Å². The molecule has 7 nitrogen and oxygen atoms in total. The van der Waals surface area contributed by atoms with E-state index in [2.05, 4.69) is 20.1 Å². The topological polar surface area (TPSA) is 77.8 Å². The number of halogens is 3.